The largest absolute Gasteiger partial charge is 0.341 e. The summed E-state index contributed by atoms with van der Waals surface area (Å²) in [6.07, 6.45) is 5.76. The summed E-state index contributed by atoms with van der Waals surface area (Å²) in [6, 6.07) is 10.0. The molecule has 22 heavy (non-hydrogen) atoms. The Morgan fingerprint density at radius 3 is 2.59 bits per heavy atom. The zero-order valence-electron chi connectivity index (χ0n) is 12.7. The molecule has 1 spiro atoms. The molecule has 4 nitrogen and oxygen atoms in total. The average Bonchev–Trinajstić information content (AvgIpc) is 2.85. The number of nitriles is 1. The van der Waals surface area contributed by atoms with E-state index in [1.54, 1.807) is 0 Å². The van der Waals surface area contributed by atoms with E-state index in [2.05, 4.69) is 16.7 Å². The maximum atomic E-state index is 9.36. The molecule has 1 saturated carbocycles. The first-order valence-corrected chi connectivity index (χ1v) is 8.12. The van der Waals surface area contributed by atoms with Gasteiger partial charge >= 0.3 is 0 Å². The molecule has 0 radical (unpaired) electrons. The lowest BCUT2D eigenvalue weighted by Crippen LogP contribution is -2.43. The summed E-state index contributed by atoms with van der Waals surface area (Å²) >= 11 is 0. The number of nitrogens with zero attached hydrogens (tertiary/aromatic N) is 2. The lowest BCUT2D eigenvalue weighted by molar-refractivity contribution is 0.356. The van der Waals surface area contributed by atoms with Crippen LogP contribution in [0.1, 0.15) is 43.2 Å². The Labute approximate surface area is 130 Å². The third-order valence-electron chi connectivity index (χ3n) is 5.08. The van der Waals surface area contributed by atoms with Gasteiger partial charge in [0.2, 0.25) is 0 Å². The molecule has 0 unspecified atom stereocenters. The molecule has 1 aliphatic carbocycles. The van der Waals surface area contributed by atoms with Crippen molar-refractivity contribution in [2.75, 3.05) is 13.1 Å². The Hall–Kier alpha value is -2.12. The highest BCUT2D eigenvalue weighted by molar-refractivity contribution is 6.04. The van der Waals surface area contributed by atoms with Crippen molar-refractivity contribution in [1.29, 1.82) is 5.26 Å². The summed E-state index contributed by atoms with van der Waals surface area (Å²) in [7, 11) is 0. The summed E-state index contributed by atoms with van der Waals surface area (Å²) in [5.74, 6) is 0.883. The molecular weight excluding hydrogens is 272 g/mol. The van der Waals surface area contributed by atoms with Gasteiger partial charge < -0.3 is 10.6 Å². The van der Waals surface area contributed by atoms with Crippen molar-refractivity contribution in [3.8, 4) is 6.07 Å². The minimum atomic E-state index is -0.0844. The summed E-state index contributed by atoms with van der Waals surface area (Å²) in [5, 5.41) is 16.4. The number of nitrogens with one attached hydrogen (secondary N) is 2. The minimum absolute atomic E-state index is 0.0844. The Bertz CT molecular complexity index is 696. The van der Waals surface area contributed by atoms with E-state index in [9.17, 15) is 5.26 Å². The molecule has 1 aromatic carbocycles. The van der Waals surface area contributed by atoms with Crippen molar-refractivity contribution in [2.45, 2.75) is 37.6 Å². The standard InChI is InChI=1S/C18H20N4/c19-12-14-4-1-2-7-15(14)17-21-16(13-5-3-6-13)18(22-17)8-10-20-11-9-18/h1-2,4,7,20H,3,5-6,8-11H2,(H,21,22). The lowest BCUT2D eigenvalue weighted by atomic mass is 9.79. The number of hydrogen-bond donors (Lipinski definition) is 2. The second kappa shape index (κ2) is 5.26. The van der Waals surface area contributed by atoms with Crippen molar-refractivity contribution < 1.29 is 0 Å². The Morgan fingerprint density at radius 2 is 1.91 bits per heavy atom. The lowest BCUT2D eigenvalue weighted by Gasteiger charge is -2.35. The molecule has 4 rings (SSSR count). The van der Waals surface area contributed by atoms with Crippen molar-refractivity contribution >= 4 is 5.84 Å². The fourth-order valence-electron chi connectivity index (χ4n) is 3.67. The highest BCUT2D eigenvalue weighted by Crippen LogP contribution is 2.41. The predicted octanol–water partition coefficient (Wildman–Crippen LogP) is 2.47. The first kappa shape index (κ1) is 13.5. The number of rotatable bonds is 1. The normalized spacial score (nSPS) is 22.8. The zero-order valence-corrected chi connectivity index (χ0v) is 12.7. The van der Waals surface area contributed by atoms with Gasteiger partial charge in [-0.05, 0) is 62.9 Å². The van der Waals surface area contributed by atoms with Crippen molar-refractivity contribution in [3.05, 3.63) is 46.7 Å². The molecule has 0 amide bonds. The minimum Gasteiger partial charge on any atom is -0.341 e. The molecule has 1 aromatic rings. The molecule has 2 aliphatic heterocycles. The third kappa shape index (κ3) is 2.05. The van der Waals surface area contributed by atoms with Crippen LogP contribution in [0.3, 0.4) is 0 Å². The van der Waals surface area contributed by atoms with Crippen LogP contribution in [0.4, 0.5) is 0 Å². The van der Waals surface area contributed by atoms with E-state index in [0.717, 1.165) is 37.3 Å². The van der Waals surface area contributed by atoms with Gasteiger partial charge in [-0.3, -0.25) is 4.99 Å². The highest BCUT2D eigenvalue weighted by Gasteiger charge is 2.43. The Balaban J connectivity index is 1.79. The van der Waals surface area contributed by atoms with E-state index >= 15 is 0 Å². The van der Waals surface area contributed by atoms with Gasteiger partial charge in [-0.25, -0.2) is 0 Å². The van der Waals surface area contributed by atoms with E-state index < -0.39 is 0 Å². The first-order chi connectivity index (χ1) is 10.8. The van der Waals surface area contributed by atoms with Gasteiger partial charge in [-0.2, -0.15) is 5.26 Å². The fourth-order valence-corrected chi connectivity index (χ4v) is 3.67. The average molecular weight is 292 g/mol. The molecule has 0 bridgehead atoms. The smallest absolute Gasteiger partial charge is 0.134 e. The Kier molecular flexibility index (Phi) is 3.24. The number of benzene rings is 1. The van der Waals surface area contributed by atoms with Crippen LogP contribution in [0.15, 0.2) is 40.5 Å². The van der Waals surface area contributed by atoms with Crippen molar-refractivity contribution in [1.82, 2.24) is 10.6 Å². The number of hydrogen-bond acceptors (Lipinski definition) is 4. The molecule has 2 N–H and O–H groups in total. The van der Waals surface area contributed by atoms with E-state index in [1.165, 1.54) is 30.5 Å². The number of allylic oxidation sites excluding steroid dienone is 1. The monoisotopic (exact) mass is 292 g/mol. The van der Waals surface area contributed by atoms with Gasteiger partial charge in [0.15, 0.2) is 0 Å². The number of piperidine rings is 1. The first-order valence-electron chi connectivity index (χ1n) is 8.12. The Morgan fingerprint density at radius 1 is 1.14 bits per heavy atom. The van der Waals surface area contributed by atoms with Gasteiger partial charge in [0.25, 0.3) is 0 Å². The van der Waals surface area contributed by atoms with Crippen LogP contribution in [0, 0.1) is 11.3 Å². The summed E-state index contributed by atoms with van der Waals surface area (Å²) in [5.41, 5.74) is 4.41. The molecule has 4 heteroatoms. The van der Waals surface area contributed by atoms with E-state index in [4.69, 9.17) is 4.99 Å². The van der Waals surface area contributed by atoms with Crippen LogP contribution < -0.4 is 10.6 Å². The van der Waals surface area contributed by atoms with E-state index in [1.807, 2.05) is 24.3 Å². The molecule has 2 fully saturated rings. The number of amidine groups is 1. The molecule has 3 aliphatic rings. The number of aliphatic imine (C=N–C) groups is 1. The predicted molar refractivity (Wildman–Crippen MR) is 86.5 cm³/mol. The maximum absolute atomic E-state index is 9.36. The fraction of sp³-hybridized carbons (Fsp3) is 0.444. The van der Waals surface area contributed by atoms with Crippen LogP contribution in [-0.4, -0.2) is 24.5 Å². The summed E-state index contributed by atoms with van der Waals surface area (Å²) in [6.45, 7) is 2.02. The van der Waals surface area contributed by atoms with Gasteiger partial charge in [-0.15, -0.1) is 0 Å². The van der Waals surface area contributed by atoms with Gasteiger partial charge in [0.05, 0.1) is 11.6 Å². The quantitative estimate of drug-likeness (QED) is 0.836. The second-order valence-corrected chi connectivity index (χ2v) is 6.36. The zero-order chi connectivity index (χ0) is 15.0. The highest BCUT2D eigenvalue weighted by atomic mass is 15.2. The summed E-state index contributed by atoms with van der Waals surface area (Å²) < 4.78 is 0. The van der Waals surface area contributed by atoms with Gasteiger partial charge in [0, 0.05) is 11.3 Å². The van der Waals surface area contributed by atoms with Crippen LogP contribution in [0.25, 0.3) is 0 Å². The molecule has 112 valence electrons. The van der Waals surface area contributed by atoms with E-state index in [-0.39, 0.29) is 5.54 Å². The molecular formula is C18H20N4. The molecule has 2 heterocycles. The van der Waals surface area contributed by atoms with Crippen LogP contribution in [0.2, 0.25) is 0 Å². The van der Waals surface area contributed by atoms with Crippen LogP contribution in [0.5, 0.6) is 0 Å². The third-order valence-corrected chi connectivity index (χ3v) is 5.08. The maximum Gasteiger partial charge on any atom is 0.134 e. The van der Waals surface area contributed by atoms with Crippen LogP contribution in [-0.2, 0) is 0 Å². The topological polar surface area (TPSA) is 60.2 Å². The second-order valence-electron chi connectivity index (χ2n) is 6.36. The van der Waals surface area contributed by atoms with Crippen molar-refractivity contribution in [2.24, 2.45) is 4.99 Å². The summed E-state index contributed by atoms with van der Waals surface area (Å²) in [4.78, 5) is 5.10. The van der Waals surface area contributed by atoms with Crippen molar-refractivity contribution in [3.63, 3.8) is 0 Å². The van der Waals surface area contributed by atoms with E-state index in [0.29, 0.717) is 5.56 Å². The molecule has 0 atom stereocenters. The van der Waals surface area contributed by atoms with Gasteiger partial charge in [-0.1, -0.05) is 12.1 Å². The SMILES string of the molecule is N#Cc1ccccc1C1=NC2(CCNCC2)C(=C2CCC2)N1. The molecule has 0 aromatic heterocycles. The van der Waals surface area contributed by atoms with Crippen LogP contribution >= 0.6 is 0 Å². The molecule has 1 saturated heterocycles. The van der Waals surface area contributed by atoms with Gasteiger partial charge in [0.1, 0.15) is 11.4 Å².